The summed E-state index contributed by atoms with van der Waals surface area (Å²) in [5, 5.41) is 4.31. The molecule has 0 N–H and O–H groups in total. The Labute approximate surface area is 139 Å². The predicted octanol–water partition coefficient (Wildman–Crippen LogP) is 4.40. The number of rotatable bonds is 3. The van der Waals surface area contributed by atoms with E-state index < -0.39 is 7.92 Å². The molecule has 0 radical (unpaired) electrons. The van der Waals surface area contributed by atoms with Gasteiger partial charge in [0, 0.05) is 0 Å². The highest BCUT2D eigenvalue weighted by atomic mass is 31.1. The van der Waals surface area contributed by atoms with Crippen LogP contribution in [0.2, 0.25) is 0 Å². The van der Waals surface area contributed by atoms with Gasteiger partial charge in [-0.2, -0.15) is 0 Å². The van der Waals surface area contributed by atoms with Gasteiger partial charge in [-0.1, -0.05) is 90.5 Å². The van der Waals surface area contributed by atoms with E-state index in [-0.39, 0.29) is 0 Å². The Balaban J connectivity index is 1.93. The van der Waals surface area contributed by atoms with Gasteiger partial charge >= 0.3 is 0 Å². The maximum atomic E-state index is 2.38. The summed E-state index contributed by atoms with van der Waals surface area (Å²) in [6, 6.07) is 28.7. The lowest BCUT2D eigenvalue weighted by Gasteiger charge is -2.21. The highest BCUT2D eigenvalue weighted by molar-refractivity contribution is 7.80. The zero-order valence-electron chi connectivity index (χ0n) is 13.2. The predicted molar refractivity (Wildman–Crippen MR) is 103 cm³/mol. The van der Waals surface area contributed by atoms with Crippen molar-refractivity contribution in [2.75, 3.05) is 0 Å². The Morgan fingerprint density at radius 1 is 0.696 bits per heavy atom. The second-order valence-electron chi connectivity index (χ2n) is 6.02. The molecule has 0 fully saturated rings. The average molecular weight is 314 g/mol. The molecule has 0 bridgehead atoms. The van der Waals surface area contributed by atoms with Gasteiger partial charge in [-0.3, -0.25) is 0 Å². The molecule has 0 nitrogen and oxygen atoms in total. The fraction of sp³-hybridized carbons (Fsp3) is 0.0909. The lowest BCUT2D eigenvalue weighted by atomic mass is 10.1. The lowest BCUT2D eigenvalue weighted by Crippen LogP contribution is -2.22. The standard InChI is InChI=1S/C22H19P/c1-17-15-18-9-8-14-22(21(18)16-17)23(19-10-4-2-5-11-19)20-12-6-3-7-13-20/h2-14,16H,15H2,1H3. The number of allylic oxidation sites excluding steroid dienone is 1. The number of hydrogen-bond acceptors (Lipinski definition) is 0. The summed E-state index contributed by atoms with van der Waals surface area (Å²) in [5.41, 5.74) is 4.38. The minimum Gasteiger partial charge on any atom is -0.0683 e. The summed E-state index contributed by atoms with van der Waals surface area (Å²) in [6.45, 7) is 2.23. The van der Waals surface area contributed by atoms with E-state index in [9.17, 15) is 0 Å². The van der Waals surface area contributed by atoms with Crippen LogP contribution in [0.1, 0.15) is 18.1 Å². The smallest absolute Gasteiger partial charge is 0.00604 e. The van der Waals surface area contributed by atoms with Crippen LogP contribution >= 0.6 is 7.92 Å². The van der Waals surface area contributed by atoms with Crippen molar-refractivity contribution in [2.45, 2.75) is 13.3 Å². The SMILES string of the molecule is CC1=Cc2c(cccc2P(c2ccccc2)c2ccccc2)C1. The molecule has 0 heterocycles. The molecule has 23 heavy (non-hydrogen) atoms. The number of benzene rings is 3. The van der Waals surface area contributed by atoms with E-state index in [0.29, 0.717) is 0 Å². The van der Waals surface area contributed by atoms with Crippen molar-refractivity contribution < 1.29 is 0 Å². The van der Waals surface area contributed by atoms with Crippen LogP contribution in [0.5, 0.6) is 0 Å². The second-order valence-corrected chi connectivity index (χ2v) is 8.21. The van der Waals surface area contributed by atoms with Crippen molar-refractivity contribution in [1.82, 2.24) is 0 Å². The van der Waals surface area contributed by atoms with Gasteiger partial charge in [0.2, 0.25) is 0 Å². The highest BCUT2D eigenvalue weighted by Gasteiger charge is 2.22. The maximum absolute atomic E-state index is 2.38. The number of hydrogen-bond donors (Lipinski definition) is 0. The van der Waals surface area contributed by atoms with Crippen molar-refractivity contribution in [1.29, 1.82) is 0 Å². The molecule has 112 valence electrons. The first-order valence-electron chi connectivity index (χ1n) is 8.02. The van der Waals surface area contributed by atoms with Crippen molar-refractivity contribution in [3.8, 4) is 0 Å². The molecule has 1 heteroatoms. The van der Waals surface area contributed by atoms with Crippen LogP contribution < -0.4 is 15.9 Å². The maximum Gasteiger partial charge on any atom is -0.00604 e. The first-order valence-corrected chi connectivity index (χ1v) is 9.36. The van der Waals surface area contributed by atoms with Crippen LogP contribution in [0, 0.1) is 0 Å². The van der Waals surface area contributed by atoms with E-state index in [1.165, 1.54) is 32.6 Å². The third-order valence-corrected chi connectivity index (χ3v) is 6.80. The minimum atomic E-state index is -0.512. The first kappa shape index (κ1) is 14.4. The molecule has 0 saturated carbocycles. The molecule has 3 aromatic carbocycles. The van der Waals surface area contributed by atoms with Crippen LogP contribution in [0.15, 0.2) is 84.4 Å². The summed E-state index contributed by atoms with van der Waals surface area (Å²) in [4.78, 5) is 0. The van der Waals surface area contributed by atoms with Crippen molar-refractivity contribution in [3.63, 3.8) is 0 Å². The van der Waals surface area contributed by atoms with Crippen LogP contribution in [0.25, 0.3) is 6.08 Å². The minimum absolute atomic E-state index is 0.512. The van der Waals surface area contributed by atoms with Crippen LogP contribution in [-0.2, 0) is 6.42 Å². The van der Waals surface area contributed by atoms with Crippen LogP contribution in [-0.4, -0.2) is 0 Å². The molecule has 0 atom stereocenters. The largest absolute Gasteiger partial charge is 0.0683 e. The van der Waals surface area contributed by atoms with E-state index in [4.69, 9.17) is 0 Å². The molecule has 4 rings (SSSR count). The van der Waals surface area contributed by atoms with Crippen molar-refractivity contribution >= 4 is 29.9 Å². The van der Waals surface area contributed by atoms with Gasteiger partial charge in [0.05, 0.1) is 0 Å². The molecule has 0 aliphatic heterocycles. The molecular formula is C22H19P. The van der Waals surface area contributed by atoms with Gasteiger partial charge in [-0.15, -0.1) is 0 Å². The van der Waals surface area contributed by atoms with E-state index in [1.54, 1.807) is 0 Å². The fourth-order valence-corrected chi connectivity index (χ4v) is 5.77. The van der Waals surface area contributed by atoms with Gasteiger partial charge in [0.25, 0.3) is 0 Å². The molecule has 0 amide bonds. The van der Waals surface area contributed by atoms with Gasteiger partial charge in [0.1, 0.15) is 0 Å². The monoisotopic (exact) mass is 314 g/mol. The second kappa shape index (κ2) is 6.14. The fourth-order valence-electron chi connectivity index (χ4n) is 3.29. The number of fused-ring (bicyclic) bond motifs is 1. The highest BCUT2D eigenvalue weighted by Crippen LogP contribution is 2.37. The molecule has 0 saturated heterocycles. The van der Waals surface area contributed by atoms with Gasteiger partial charge in [0.15, 0.2) is 0 Å². The summed E-state index contributed by atoms with van der Waals surface area (Å²) < 4.78 is 0. The van der Waals surface area contributed by atoms with E-state index in [1.807, 2.05) is 0 Å². The Bertz CT molecular complexity index is 808. The molecule has 0 unspecified atom stereocenters. The lowest BCUT2D eigenvalue weighted by molar-refractivity contribution is 1.20. The average Bonchev–Trinajstić information content (AvgIpc) is 2.98. The topological polar surface area (TPSA) is 0 Å². The molecule has 1 aliphatic carbocycles. The molecular weight excluding hydrogens is 295 g/mol. The Morgan fingerprint density at radius 2 is 1.30 bits per heavy atom. The summed E-state index contributed by atoms with van der Waals surface area (Å²) in [5.74, 6) is 0. The zero-order valence-corrected chi connectivity index (χ0v) is 14.1. The molecule has 1 aliphatic rings. The quantitative estimate of drug-likeness (QED) is 0.628. The Kier molecular flexibility index (Phi) is 3.85. The molecule has 0 aromatic heterocycles. The summed E-state index contributed by atoms with van der Waals surface area (Å²) >= 11 is 0. The van der Waals surface area contributed by atoms with Crippen molar-refractivity contribution in [3.05, 3.63) is 95.6 Å². The van der Waals surface area contributed by atoms with Crippen LogP contribution in [0.3, 0.4) is 0 Å². The van der Waals surface area contributed by atoms with Crippen molar-refractivity contribution in [2.24, 2.45) is 0 Å². The third-order valence-electron chi connectivity index (χ3n) is 4.30. The molecule has 3 aromatic rings. The summed E-state index contributed by atoms with van der Waals surface area (Å²) in [6.07, 6.45) is 3.47. The van der Waals surface area contributed by atoms with Gasteiger partial charge in [-0.05, 0) is 48.3 Å². The molecule has 0 spiro atoms. The van der Waals surface area contributed by atoms with E-state index in [0.717, 1.165) is 6.42 Å². The van der Waals surface area contributed by atoms with Gasteiger partial charge in [-0.25, -0.2) is 0 Å². The third kappa shape index (κ3) is 2.76. The van der Waals surface area contributed by atoms with Crippen LogP contribution in [0.4, 0.5) is 0 Å². The zero-order chi connectivity index (χ0) is 15.6. The Hall–Kier alpha value is -2.17. The van der Waals surface area contributed by atoms with E-state index in [2.05, 4.69) is 91.9 Å². The Morgan fingerprint density at radius 3 is 1.91 bits per heavy atom. The first-order chi connectivity index (χ1) is 11.3. The normalized spacial score (nSPS) is 13.0. The van der Waals surface area contributed by atoms with Gasteiger partial charge < -0.3 is 0 Å². The summed E-state index contributed by atoms with van der Waals surface area (Å²) in [7, 11) is -0.512. The van der Waals surface area contributed by atoms with E-state index >= 15 is 0 Å².